The highest BCUT2D eigenvalue weighted by atomic mass is 32.2. The van der Waals surface area contributed by atoms with Gasteiger partial charge in [0.25, 0.3) is 5.89 Å². The molecule has 1 saturated heterocycles. The summed E-state index contributed by atoms with van der Waals surface area (Å²) in [6.07, 6.45) is -0.349. The molecule has 1 aromatic carbocycles. The Balaban J connectivity index is 1.79. The van der Waals surface area contributed by atoms with Crippen LogP contribution in [0.1, 0.15) is 55.6 Å². The molecule has 9 nitrogen and oxygen atoms in total. The molecule has 30 heavy (non-hydrogen) atoms. The number of aliphatic hydroxyl groups is 1. The van der Waals surface area contributed by atoms with Crippen molar-refractivity contribution in [3.8, 4) is 0 Å². The number of esters is 1. The maximum Gasteiger partial charge on any atom is 0.325 e. The standard InChI is InChI=1S/C20H27N3O6S/c1-5-6-18-21-19(29-22-18)14(4)28-20(25)17-10-15(24)11-23(17)30(26,27)16-8-7-12(2)13(3)9-16/h7-9,14-15,17,24H,5-6,10-11H2,1-4H3/t14?,15?,17-/m0/s1. The zero-order valence-corrected chi connectivity index (χ0v) is 18.3. The van der Waals surface area contributed by atoms with Gasteiger partial charge in [0.1, 0.15) is 6.04 Å². The van der Waals surface area contributed by atoms with Crippen LogP contribution in [0.25, 0.3) is 0 Å². The minimum absolute atomic E-state index is 0.0411. The Kier molecular flexibility index (Phi) is 6.59. The first kappa shape index (κ1) is 22.4. The van der Waals surface area contributed by atoms with Crippen LogP contribution in [0, 0.1) is 13.8 Å². The molecule has 0 aliphatic carbocycles. The minimum atomic E-state index is -3.99. The van der Waals surface area contributed by atoms with Gasteiger partial charge in [0.15, 0.2) is 11.9 Å². The molecule has 0 saturated carbocycles. The summed E-state index contributed by atoms with van der Waals surface area (Å²) in [7, 11) is -3.99. The molecular weight excluding hydrogens is 410 g/mol. The number of benzene rings is 1. The van der Waals surface area contributed by atoms with Gasteiger partial charge < -0.3 is 14.4 Å². The van der Waals surface area contributed by atoms with Gasteiger partial charge in [-0.3, -0.25) is 4.79 Å². The highest BCUT2D eigenvalue weighted by molar-refractivity contribution is 7.89. The lowest BCUT2D eigenvalue weighted by Gasteiger charge is -2.23. The van der Waals surface area contributed by atoms with Gasteiger partial charge in [-0.2, -0.15) is 9.29 Å². The predicted molar refractivity (Wildman–Crippen MR) is 107 cm³/mol. The molecule has 3 atom stereocenters. The molecule has 1 aliphatic heterocycles. The maximum atomic E-state index is 13.2. The monoisotopic (exact) mass is 437 g/mol. The first-order valence-corrected chi connectivity index (χ1v) is 11.4. The van der Waals surface area contributed by atoms with Crippen molar-refractivity contribution in [2.75, 3.05) is 6.54 Å². The number of carbonyl (C=O) groups is 1. The van der Waals surface area contributed by atoms with Crippen molar-refractivity contribution in [2.45, 2.75) is 70.1 Å². The van der Waals surface area contributed by atoms with E-state index in [0.29, 0.717) is 12.2 Å². The Hall–Kier alpha value is -2.30. The number of rotatable bonds is 7. The van der Waals surface area contributed by atoms with Crippen molar-refractivity contribution in [3.05, 3.63) is 41.0 Å². The average Bonchev–Trinajstić information content (AvgIpc) is 3.31. The van der Waals surface area contributed by atoms with Crippen molar-refractivity contribution < 1.29 is 27.6 Å². The Bertz CT molecular complexity index is 1020. The van der Waals surface area contributed by atoms with Crippen LogP contribution in [0.2, 0.25) is 0 Å². The van der Waals surface area contributed by atoms with Gasteiger partial charge >= 0.3 is 5.97 Å². The lowest BCUT2D eigenvalue weighted by molar-refractivity contribution is -0.153. The zero-order valence-electron chi connectivity index (χ0n) is 17.5. The molecule has 1 N–H and O–H groups in total. The molecule has 2 unspecified atom stereocenters. The third-order valence-electron chi connectivity index (χ3n) is 5.19. The van der Waals surface area contributed by atoms with E-state index in [1.54, 1.807) is 19.1 Å². The third-order valence-corrected chi connectivity index (χ3v) is 7.06. The number of aryl methyl sites for hydroxylation is 3. The maximum absolute atomic E-state index is 13.2. The first-order chi connectivity index (χ1) is 14.1. The molecule has 1 aromatic heterocycles. The Labute approximate surface area is 176 Å². The molecule has 10 heteroatoms. The smallest absolute Gasteiger partial charge is 0.325 e. The quantitative estimate of drug-likeness (QED) is 0.653. The van der Waals surface area contributed by atoms with Crippen LogP contribution in [0.5, 0.6) is 0 Å². The number of carbonyl (C=O) groups excluding carboxylic acids is 1. The largest absolute Gasteiger partial charge is 0.451 e. The Morgan fingerprint density at radius 1 is 1.37 bits per heavy atom. The van der Waals surface area contributed by atoms with Gasteiger partial charge in [0.2, 0.25) is 10.0 Å². The topological polar surface area (TPSA) is 123 Å². The fourth-order valence-corrected chi connectivity index (χ4v) is 5.05. The summed E-state index contributed by atoms with van der Waals surface area (Å²) in [5.41, 5.74) is 1.78. The highest BCUT2D eigenvalue weighted by Crippen LogP contribution is 2.29. The van der Waals surface area contributed by atoms with Crippen LogP contribution in [-0.2, 0) is 26.0 Å². The van der Waals surface area contributed by atoms with E-state index in [2.05, 4.69) is 10.1 Å². The normalized spacial score (nSPS) is 21.0. The highest BCUT2D eigenvalue weighted by Gasteiger charge is 2.45. The third kappa shape index (κ3) is 4.55. The number of hydrogen-bond donors (Lipinski definition) is 1. The molecule has 164 valence electrons. The lowest BCUT2D eigenvalue weighted by atomic mass is 10.1. The van der Waals surface area contributed by atoms with Crippen LogP contribution in [0.4, 0.5) is 0 Å². The van der Waals surface area contributed by atoms with E-state index in [0.717, 1.165) is 21.9 Å². The molecule has 2 aromatic rings. The van der Waals surface area contributed by atoms with Crippen molar-refractivity contribution in [3.63, 3.8) is 0 Å². The van der Waals surface area contributed by atoms with E-state index in [1.165, 1.54) is 6.07 Å². The summed E-state index contributed by atoms with van der Waals surface area (Å²) in [5, 5.41) is 13.9. The average molecular weight is 438 g/mol. The number of aliphatic hydroxyl groups excluding tert-OH is 1. The van der Waals surface area contributed by atoms with E-state index in [9.17, 15) is 18.3 Å². The summed E-state index contributed by atoms with van der Waals surface area (Å²) in [6.45, 7) is 7.09. The SMILES string of the molecule is CCCc1noc(C(C)OC(=O)[C@@H]2CC(O)CN2S(=O)(=O)c2ccc(C)c(C)c2)n1. The van der Waals surface area contributed by atoms with Crippen molar-refractivity contribution in [1.82, 2.24) is 14.4 Å². The molecule has 1 fully saturated rings. The van der Waals surface area contributed by atoms with E-state index in [1.807, 2.05) is 20.8 Å². The molecular formula is C20H27N3O6S. The summed E-state index contributed by atoms with van der Waals surface area (Å²) in [6, 6.07) is 3.65. The van der Waals surface area contributed by atoms with Crippen LogP contribution in [-0.4, -0.2) is 52.6 Å². The number of ether oxygens (including phenoxy) is 1. The number of nitrogens with zero attached hydrogens (tertiary/aromatic N) is 3. The van der Waals surface area contributed by atoms with Crippen LogP contribution in [0.15, 0.2) is 27.6 Å². The van der Waals surface area contributed by atoms with Gasteiger partial charge in [-0.15, -0.1) is 0 Å². The Morgan fingerprint density at radius 2 is 2.10 bits per heavy atom. The second-order valence-corrected chi connectivity index (χ2v) is 9.49. The van der Waals surface area contributed by atoms with Crippen molar-refractivity contribution in [1.29, 1.82) is 0 Å². The summed E-state index contributed by atoms with van der Waals surface area (Å²) >= 11 is 0. The number of β-amino-alcohol motifs (C(OH)–C–C–N with tert-alkyl or cyclic N) is 1. The lowest BCUT2D eigenvalue weighted by Crippen LogP contribution is -2.41. The van der Waals surface area contributed by atoms with Crippen molar-refractivity contribution >= 4 is 16.0 Å². The van der Waals surface area contributed by atoms with Crippen LogP contribution < -0.4 is 0 Å². The number of hydrogen-bond acceptors (Lipinski definition) is 8. The second-order valence-electron chi connectivity index (χ2n) is 7.60. The van der Waals surface area contributed by atoms with Gasteiger partial charge in [0, 0.05) is 19.4 Å². The molecule has 0 bridgehead atoms. The zero-order chi connectivity index (χ0) is 22.1. The second kappa shape index (κ2) is 8.83. The molecule has 1 aliphatic rings. The summed E-state index contributed by atoms with van der Waals surface area (Å²) in [5.74, 6) is -0.0961. The van der Waals surface area contributed by atoms with Gasteiger partial charge in [-0.1, -0.05) is 18.1 Å². The summed E-state index contributed by atoms with van der Waals surface area (Å²) < 4.78 is 37.9. The minimum Gasteiger partial charge on any atom is -0.451 e. The fraction of sp³-hybridized carbons (Fsp3) is 0.550. The van der Waals surface area contributed by atoms with E-state index in [-0.39, 0.29) is 23.8 Å². The van der Waals surface area contributed by atoms with Gasteiger partial charge in [-0.05, 0) is 50.5 Å². The first-order valence-electron chi connectivity index (χ1n) is 9.93. The number of sulfonamides is 1. The number of aromatic nitrogens is 2. The van der Waals surface area contributed by atoms with Gasteiger partial charge in [-0.25, -0.2) is 8.42 Å². The van der Waals surface area contributed by atoms with E-state index in [4.69, 9.17) is 9.26 Å². The molecule has 3 rings (SSSR count). The predicted octanol–water partition coefficient (Wildman–Crippen LogP) is 2.07. The van der Waals surface area contributed by atoms with Gasteiger partial charge in [0.05, 0.1) is 11.0 Å². The summed E-state index contributed by atoms with van der Waals surface area (Å²) in [4.78, 5) is 17.1. The van der Waals surface area contributed by atoms with Crippen LogP contribution >= 0.6 is 0 Å². The fourth-order valence-electron chi connectivity index (χ4n) is 3.33. The van der Waals surface area contributed by atoms with E-state index < -0.39 is 34.2 Å². The van der Waals surface area contributed by atoms with E-state index >= 15 is 0 Å². The molecule has 0 radical (unpaired) electrons. The Morgan fingerprint density at radius 3 is 2.77 bits per heavy atom. The van der Waals surface area contributed by atoms with Crippen molar-refractivity contribution in [2.24, 2.45) is 0 Å². The van der Waals surface area contributed by atoms with Crippen LogP contribution in [0.3, 0.4) is 0 Å². The molecule has 0 amide bonds. The molecule has 2 heterocycles. The molecule has 0 spiro atoms.